The zero-order valence-electron chi connectivity index (χ0n) is 17.4. The fourth-order valence-corrected chi connectivity index (χ4v) is 5.12. The lowest BCUT2D eigenvalue weighted by atomic mass is 9.83. The van der Waals surface area contributed by atoms with E-state index in [9.17, 15) is 0 Å². The fourth-order valence-electron chi connectivity index (χ4n) is 5.12. The summed E-state index contributed by atoms with van der Waals surface area (Å²) in [6.07, 6.45) is 6.55. The van der Waals surface area contributed by atoms with Gasteiger partial charge in [-0.15, -0.1) is 0 Å². The van der Waals surface area contributed by atoms with Crippen molar-refractivity contribution < 1.29 is 4.74 Å². The monoisotopic (exact) mass is 384 g/mol. The van der Waals surface area contributed by atoms with Crippen molar-refractivity contribution in [3.8, 4) is 0 Å². The number of piperidine rings is 2. The van der Waals surface area contributed by atoms with E-state index in [1.54, 1.807) is 0 Å². The predicted molar refractivity (Wildman–Crippen MR) is 115 cm³/mol. The lowest BCUT2D eigenvalue weighted by Crippen LogP contribution is -2.56. The zero-order chi connectivity index (χ0) is 19.2. The maximum absolute atomic E-state index is 5.77. The molecule has 0 saturated carbocycles. The van der Waals surface area contributed by atoms with Crippen LogP contribution in [0.1, 0.15) is 44.6 Å². The molecular weight excluding hydrogens is 348 g/mol. The van der Waals surface area contributed by atoms with Crippen LogP contribution in [0.15, 0.2) is 35.3 Å². The van der Waals surface area contributed by atoms with Gasteiger partial charge >= 0.3 is 0 Å². The van der Waals surface area contributed by atoms with Gasteiger partial charge in [-0.05, 0) is 57.1 Å². The highest BCUT2D eigenvalue weighted by atomic mass is 16.5. The van der Waals surface area contributed by atoms with Gasteiger partial charge in [0.2, 0.25) is 0 Å². The Morgan fingerprint density at radius 3 is 2.82 bits per heavy atom. The van der Waals surface area contributed by atoms with Gasteiger partial charge in [0, 0.05) is 38.8 Å². The van der Waals surface area contributed by atoms with Gasteiger partial charge in [0.1, 0.15) is 0 Å². The normalized spacial score (nSPS) is 29.0. The molecule has 0 aliphatic carbocycles. The maximum atomic E-state index is 5.77. The summed E-state index contributed by atoms with van der Waals surface area (Å²) >= 11 is 0. The Kier molecular flexibility index (Phi) is 6.86. The molecular formula is C23H36N4O. The largest absolute Gasteiger partial charge is 0.376 e. The fraction of sp³-hybridized carbons (Fsp3) is 0.696. The Hall–Kier alpha value is -1.59. The molecule has 1 aromatic carbocycles. The molecule has 154 valence electrons. The van der Waals surface area contributed by atoms with Crippen molar-refractivity contribution in [3.63, 3.8) is 0 Å². The van der Waals surface area contributed by atoms with E-state index in [1.165, 1.54) is 37.8 Å². The summed E-state index contributed by atoms with van der Waals surface area (Å²) in [6, 6.07) is 11.7. The average molecular weight is 385 g/mol. The molecule has 3 heterocycles. The van der Waals surface area contributed by atoms with Crippen LogP contribution in [0.4, 0.5) is 0 Å². The molecule has 5 heteroatoms. The van der Waals surface area contributed by atoms with Gasteiger partial charge in [-0.1, -0.05) is 30.3 Å². The quantitative estimate of drug-likeness (QED) is 0.625. The number of guanidine groups is 1. The van der Waals surface area contributed by atoms with E-state index in [-0.39, 0.29) is 0 Å². The molecule has 1 N–H and O–H groups in total. The summed E-state index contributed by atoms with van der Waals surface area (Å²) in [5.74, 6) is 1.84. The third-order valence-electron chi connectivity index (χ3n) is 6.51. The lowest BCUT2D eigenvalue weighted by molar-refractivity contribution is 0.0371. The van der Waals surface area contributed by atoms with Crippen LogP contribution in [-0.2, 0) is 11.3 Å². The molecule has 0 spiro atoms. The van der Waals surface area contributed by atoms with Gasteiger partial charge in [0.05, 0.1) is 12.6 Å². The Bertz CT molecular complexity index is 629. The molecule has 1 aromatic rings. The lowest BCUT2D eigenvalue weighted by Gasteiger charge is -2.48. The molecule has 28 heavy (non-hydrogen) atoms. The van der Waals surface area contributed by atoms with Crippen LogP contribution in [0.3, 0.4) is 0 Å². The number of nitrogens with zero attached hydrogens (tertiary/aromatic N) is 3. The number of rotatable bonds is 5. The Balaban J connectivity index is 1.38. The minimum absolute atomic E-state index is 0.322. The molecule has 3 aliphatic heterocycles. The Morgan fingerprint density at radius 1 is 1.14 bits per heavy atom. The van der Waals surface area contributed by atoms with Gasteiger partial charge in [-0.2, -0.15) is 0 Å². The maximum Gasteiger partial charge on any atom is 0.194 e. The summed E-state index contributed by atoms with van der Waals surface area (Å²) in [4.78, 5) is 10.2. The number of likely N-dealkylation sites (tertiary alicyclic amines) is 2. The number of nitrogens with one attached hydrogen (secondary N) is 1. The first kappa shape index (κ1) is 19.7. The summed E-state index contributed by atoms with van der Waals surface area (Å²) in [7, 11) is 0. The number of ether oxygens (including phenoxy) is 1. The molecule has 3 unspecified atom stereocenters. The summed E-state index contributed by atoms with van der Waals surface area (Å²) in [5.41, 5.74) is 1.44. The van der Waals surface area contributed by atoms with Crippen molar-refractivity contribution in [2.75, 3.05) is 39.3 Å². The topological polar surface area (TPSA) is 40.1 Å². The van der Waals surface area contributed by atoms with Crippen LogP contribution in [0.2, 0.25) is 0 Å². The third kappa shape index (κ3) is 4.87. The van der Waals surface area contributed by atoms with Crippen molar-refractivity contribution in [1.82, 2.24) is 15.1 Å². The molecule has 4 rings (SSSR count). The number of hydrogen-bond donors (Lipinski definition) is 1. The highest BCUT2D eigenvalue weighted by Crippen LogP contribution is 2.31. The van der Waals surface area contributed by atoms with Crippen molar-refractivity contribution in [2.24, 2.45) is 10.9 Å². The van der Waals surface area contributed by atoms with Crippen molar-refractivity contribution in [2.45, 2.75) is 57.7 Å². The number of fused-ring (bicyclic) bond motifs is 1. The summed E-state index contributed by atoms with van der Waals surface area (Å²) < 4.78 is 5.77. The molecule has 5 nitrogen and oxygen atoms in total. The predicted octanol–water partition coefficient (Wildman–Crippen LogP) is 3.12. The average Bonchev–Trinajstić information content (AvgIpc) is 3.25. The van der Waals surface area contributed by atoms with Gasteiger partial charge in [-0.25, -0.2) is 0 Å². The van der Waals surface area contributed by atoms with Crippen LogP contribution >= 0.6 is 0 Å². The van der Waals surface area contributed by atoms with Gasteiger partial charge in [0.15, 0.2) is 5.96 Å². The van der Waals surface area contributed by atoms with E-state index in [4.69, 9.17) is 9.73 Å². The van der Waals surface area contributed by atoms with E-state index in [0.29, 0.717) is 12.1 Å². The molecule has 3 aliphatic rings. The minimum atomic E-state index is 0.322. The second-order valence-corrected chi connectivity index (χ2v) is 8.49. The Labute approximate surface area is 170 Å². The molecule has 3 fully saturated rings. The smallest absolute Gasteiger partial charge is 0.194 e. The first-order valence-corrected chi connectivity index (χ1v) is 11.3. The van der Waals surface area contributed by atoms with E-state index in [0.717, 1.165) is 57.6 Å². The first-order chi connectivity index (χ1) is 13.8. The second-order valence-electron chi connectivity index (χ2n) is 8.49. The van der Waals surface area contributed by atoms with E-state index in [1.807, 2.05) is 0 Å². The number of benzene rings is 1. The van der Waals surface area contributed by atoms with Crippen molar-refractivity contribution in [1.29, 1.82) is 0 Å². The second kappa shape index (κ2) is 9.75. The highest BCUT2D eigenvalue weighted by Gasteiger charge is 2.36. The van der Waals surface area contributed by atoms with Crippen LogP contribution < -0.4 is 5.32 Å². The zero-order valence-corrected chi connectivity index (χ0v) is 17.4. The molecule has 0 radical (unpaired) electrons. The van der Waals surface area contributed by atoms with Crippen LogP contribution in [0, 0.1) is 5.92 Å². The highest BCUT2D eigenvalue weighted by molar-refractivity contribution is 5.80. The van der Waals surface area contributed by atoms with E-state index in [2.05, 4.69) is 52.4 Å². The molecule has 3 atom stereocenters. The van der Waals surface area contributed by atoms with Gasteiger partial charge < -0.3 is 15.0 Å². The molecule has 3 saturated heterocycles. The van der Waals surface area contributed by atoms with Crippen molar-refractivity contribution >= 4 is 5.96 Å². The summed E-state index contributed by atoms with van der Waals surface area (Å²) in [6.45, 7) is 9.36. The molecule has 0 bridgehead atoms. The third-order valence-corrected chi connectivity index (χ3v) is 6.51. The standard InChI is InChI=1S/C23H36N4O/c1-2-24-23(25-16-21-11-7-15-28-21)27-14-12-22-20(18-27)10-6-13-26(22)17-19-8-4-3-5-9-19/h3-5,8-9,20-22H,2,6-7,10-18H2,1H3,(H,24,25). The summed E-state index contributed by atoms with van der Waals surface area (Å²) in [5, 5.41) is 3.53. The minimum Gasteiger partial charge on any atom is -0.376 e. The van der Waals surface area contributed by atoms with Crippen LogP contribution in [0.5, 0.6) is 0 Å². The Morgan fingerprint density at radius 2 is 2.04 bits per heavy atom. The van der Waals surface area contributed by atoms with Gasteiger partial charge in [0.25, 0.3) is 0 Å². The van der Waals surface area contributed by atoms with Gasteiger partial charge in [-0.3, -0.25) is 9.89 Å². The molecule has 0 amide bonds. The first-order valence-electron chi connectivity index (χ1n) is 11.3. The van der Waals surface area contributed by atoms with E-state index >= 15 is 0 Å². The SMILES string of the molecule is CCNC(=NCC1CCCO1)N1CCC2C(CCCN2Cc2ccccc2)C1. The van der Waals surface area contributed by atoms with Crippen LogP contribution in [0.25, 0.3) is 0 Å². The number of hydrogen-bond acceptors (Lipinski definition) is 3. The number of aliphatic imine (C=N–C) groups is 1. The van der Waals surface area contributed by atoms with Crippen molar-refractivity contribution in [3.05, 3.63) is 35.9 Å². The molecule has 0 aromatic heterocycles. The van der Waals surface area contributed by atoms with Crippen LogP contribution in [-0.4, -0.2) is 67.2 Å². The van der Waals surface area contributed by atoms with E-state index < -0.39 is 0 Å².